The molecular formula is C18H11ClF3N3O3S. The van der Waals surface area contributed by atoms with E-state index in [0.29, 0.717) is 16.0 Å². The molecule has 0 fully saturated rings. The van der Waals surface area contributed by atoms with Crippen LogP contribution in [-0.4, -0.2) is 26.9 Å². The number of halogens is 4. The smallest absolute Gasteiger partial charge is 0.302 e. The molecule has 0 spiro atoms. The van der Waals surface area contributed by atoms with Crippen LogP contribution in [0.3, 0.4) is 0 Å². The van der Waals surface area contributed by atoms with E-state index in [4.69, 9.17) is 16.1 Å². The van der Waals surface area contributed by atoms with Crippen molar-refractivity contribution < 1.29 is 22.5 Å². The van der Waals surface area contributed by atoms with Crippen molar-refractivity contribution in [2.75, 3.05) is 0 Å². The molecule has 0 radical (unpaired) electrons. The molecule has 0 amide bonds. The first-order valence-corrected chi connectivity index (χ1v) is 9.24. The number of Topliss-reactive ketones (excluding diaryl/α,β-unsaturated/α-hetero) is 1. The van der Waals surface area contributed by atoms with Crippen LogP contribution in [-0.2, 0) is 13.0 Å². The van der Waals surface area contributed by atoms with Crippen LogP contribution in [0.4, 0.5) is 13.2 Å². The van der Waals surface area contributed by atoms with Crippen LogP contribution in [0.25, 0.3) is 0 Å². The SMILES string of the molecule is Cc1noc(C#Cc2cc(C(=O)Cc3cc(F)c(=O)n(CC(F)F)c3)sc2Cl)n1. The Kier molecular flexibility index (Phi) is 6.20. The molecule has 3 heterocycles. The second-order valence-corrected chi connectivity index (χ2v) is 7.49. The molecule has 0 aliphatic carbocycles. The van der Waals surface area contributed by atoms with Gasteiger partial charge in [-0.1, -0.05) is 22.7 Å². The molecule has 11 heteroatoms. The number of ketones is 1. The molecule has 29 heavy (non-hydrogen) atoms. The highest BCUT2D eigenvalue weighted by Gasteiger charge is 2.16. The molecule has 0 unspecified atom stereocenters. The summed E-state index contributed by atoms with van der Waals surface area (Å²) in [7, 11) is 0. The van der Waals surface area contributed by atoms with Crippen molar-refractivity contribution in [2.45, 2.75) is 26.3 Å². The highest BCUT2D eigenvalue weighted by molar-refractivity contribution is 7.18. The second kappa shape index (κ2) is 8.63. The van der Waals surface area contributed by atoms with Crippen molar-refractivity contribution in [1.82, 2.24) is 14.7 Å². The summed E-state index contributed by atoms with van der Waals surface area (Å²) in [5.41, 5.74) is -0.717. The van der Waals surface area contributed by atoms with Gasteiger partial charge in [-0.25, -0.2) is 13.2 Å². The Bertz CT molecular complexity index is 1190. The zero-order valence-electron chi connectivity index (χ0n) is 14.7. The number of alkyl halides is 2. The van der Waals surface area contributed by atoms with Crippen LogP contribution >= 0.6 is 22.9 Å². The molecular weight excluding hydrogens is 431 g/mol. The van der Waals surface area contributed by atoms with Gasteiger partial charge >= 0.3 is 5.89 Å². The first-order valence-electron chi connectivity index (χ1n) is 8.05. The fourth-order valence-electron chi connectivity index (χ4n) is 2.37. The second-order valence-electron chi connectivity index (χ2n) is 5.84. The molecule has 150 valence electrons. The van der Waals surface area contributed by atoms with Gasteiger partial charge in [-0.2, -0.15) is 4.98 Å². The van der Waals surface area contributed by atoms with Crippen LogP contribution < -0.4 is 5.56 Å². The van der Waals surface area contributed by atoms with Gasteiger partial charge in [-0.05, 0) is 24.6 Å². The third kappa shape index (κ3) is 5.13. The Hall–Kier alpha value is -2.90. The van der Waals surface area contributed by atoms with Crippen molar-refractivity contribution >= 4 is 28.7 Å². The number of pyridine rings is 1. The fraction of sp³-hybridized carbons (Fsp3) is 0.222. The molecule has 3 aromatic heterocycles. The Morgan fingerprint density at radius 2 is 2.14 bits per heavy atom. The molecule has 3 aromatic rings. The predicted octanol–water partition coefficient (Wildman–Crippen LogP) is 3.48. The normalized spacial score (nSPS) is 10.8. The number of rotatable bonds is 5. The molecule has 0 bridgehead atoms. The molecule has 0 aromatic carbocycles. The molecule has 6 nitrogen and oxygen atoms in total. The minimum atomic E-state index is -2.84. The predicted molar refractivity (Wildman–Crippen MR) is 99.0 cm³/mol. The van der Waals surface area contributed by atoms with Gasteiger partial charge in [-0.15, -0.1) is 11.3 Å². The third-order valence-electron chi connectivity index (χ3n) is 3.59. The van der Waals surface area contributed by atoms with E-state index in [2.05, 4.69) is 22.0 Å². The molecule has 0 N–H and O–H groups in total. The van der Waals surface area contributed by atoms with Gasteiger partial charge in [0.05, 0.1) is 17.0 Å². The minimum absolute atomic E-state index is 0.0891. The number of hydrogen-bond acceptors (Lipinski definition) is 6. The lowest BCUT2D eigenvalue weighted by atomic mass is 10.1. The van der Waals surface area contributed by atoms with E-state index in [-0.39, 0.29) is 27.1 Å². The Morgan fingerprint density at radius 3 is 2.79 bits per heavy atom. The van der Waals surface area contributed by atoms with E-state index in [1.165, 1.54) is 6.07 Å². The topological polar surface area (TPSA) is 78.0 Å². The largest absolute Gasteiger partial charge is 0.325 e. The summed E-state index contributed by atoms with van der Waals surface area (Å²) in [4.78, 5) is 28.2. The van der Waals surface area contributed by atoms with E-state index >= 15 is 0 Å². The summed E-state index contributed by atoms with van der Waals surface area (Å²) in [6.07, 6.45) is -2.09. The Balaban J connectivity index is 1.81. The highest BCUT2D eigenvalue weighted by atomic mass is 35.5. The number of aromatic nitrogens is 3. The lowest BCUT2D eigenvalue weighted by molar-refractivity contribution is 0.0996. The van der Waals surface area contributed by atoms with Gasteiger partial charge in [0.15, 0.2) is 17.4 Å². The van der Waals surface area contributed by atoms with Crippen LogP contribution in [0.15, 0.2) is 27.6 Å². The van der Waals surface area contributed by atoms with E-state index in [1.807, 2.05) is 0 Å². The fourth-order valence-corrected chi connectivity index (χ4v) is 3.50. The van der Waals surface area contributed by atoms with Crippen LogP contribution in [0.2, 0.25) is 4.34 Å². The van der Waals surface area contributed by atoms with Gasteiger partial charge in [0.2, 0.25) is 0 Å². The summed E-state index contributed by atoms with van der Waals surface area (Å²) >= 11 is 7.07. The molecule has 0 saturated heterocycles. The quantitative estimate of drug-likeness (QED) is 0.447. The maximum absolute atomic E-state index is 13.7. The molecule has 0 aliphatic rings. The van der Waals surface area contributed by atoms with E-state index in [1.54, 1.807) is 6.92 Å². The number of carbonyl (C=O) groups excluding carboxylic acids is 1. The summed E-state index contributed by atoms with van der Waals surface area (Å²) in [5, 5.41) is 3.59. The third-order valence-corrected chi connectivity index (χ3v) is 4.99. The van der Waals surface area contributed by atoms with Crippen molar-refractivity contribution in [2.24, 2.45) is 0 Å². The standard InChI is InChI=1S/C18H11ClF3N3O3S/c1-9-23-16(28-24-9)3-2-11-6-14(29-17(11)19)13(26)5-10-4-12(20)18(27)25(7-10)8-15(21)22/h4,6-7,15H,5,8H2,1H3. The summed E-state index contributed by atoms with van der Waals surface area (Å²) in [6.45, 7) is 0.674. The molecule has 0 atom stereocenters. The van der Waals surface area contributed by atoms with Crippen molar-refractivity contribution in [3.63, 3.8) is 0 Å². The number of thiophene rings is 1. The lowest BCUT2D eigenvalue weighted by Crippen LogP contribution is -2.26. The van der Waals surface area contributed by atoms with Gasteiger partial charge in [-0.3, -0.25) is 9.59 Å². The molecule has 3 rings (SSSR count). The monoisotopic (exact) mass is 441 g/mol. The van der Waals surface area contributed by atoms with Crippen molar-refractivity contribution in [3.05, 3.63) is 66.6 Å². The lowest BCUT2D eigenvalue weighted by Gasteiger charge is -2.08. The van der Waals surface area contributed by atoms with E-state index in [9.17, 15) is 22.8 Å². The van der Waals surface area contributed by atoms with E-state index in [0.717, 1.165) is 23.6 Å². The van der Waals surface area contributed by atoms with Crippen molar-refractivity contribution in [1.29, 1.82) is 0 Å². The summed E-state index contributed by atoms with van der Waals surface area (Å²) < 4.78 is 44.5. The van der Waals surface area contributed by atoms with Gasteiger partial charge in [0.25, 0.3) is 12.0 Å². The van der Waals surface area contributed by atoms with Gasteiger partial charge in [0.1, 0.15) is 4.34 Å². The number of aryl methyl sites for hydroxylation is 1. The molecule has 0 aliphatic heterocycles. The number of carbonyl (C=O) groups is 1. The maximum Gasteiger partial charge on any atom is 0.302 e. The summed E-state index contributed by atoms with van der Waals surface area (Å²) in [5.74, 6) is 4.22. The number of nitrogens with zero attached hydrogens (tertiary/aromatic N) is 3. The van der Waals surface area contributed by atoms with Crippen LogP contribution in [0, 0.1) is 24.6 Å². The Labute approximate surface area is 170 Å². The maximum atomic E-state index is 13.7. The van der Waals surface area contributed by atoms with Gasteiger partial charge < -0.3 is 9.09 Å². The zero-order chi connectivity index (χ0) is 21.1. The summed E-state index contributed by atoms with van der Waals surface area (Å²) in [6, 6.07) is 2.31. The van der Waals surface area contributed by atoms with Crippen LogP contribution in [0.5, 0.6) is 0 Å². The molecule has 0 saturated carbocycles. The average molecular weight is 442 g/mol. The first kappa shape index (κ1) is 20.8. The van der Waals surface area contributed by atoms with Gasteiger partial charge in [0, 0.05) is 18.5 Å². The van der Waals surface area contributed by atoms with Crippen LogP contribution in [0.1, 0.15) is 32.5 Å². The first-order chi connectivity index (χ1) is 13.7. The minimum Gasteiger partial charge on any atom is -0.325 e. The van der Waals surface area contributed by atoms with E-state index < -0.39 is 30.1 Å². The average Bonchev–Trinajstić information content (AvgIpc) is 3.22. The highest BCUT2D eigenvalue weighted by Crippen LogP contribution is 2.28. The van der Waals surface area contributed by atoms with Crippen molar-refractivity contribution in [3.8, 4) is 11.8 Å². The number of hydrogen-bond donors (Lipinski definition) is 0. The Morgan fingerprint density at radius 1 is 1.38 bits per heavy atom. The zero-order valence-corrected chi connectivity index (χ0v) is 16.3.